The second kappa shape index (κ2) is 5.33. The third kappa shape index (κ3) is 2.56. The van der Waals surface area contributed by atoms with E-state index in [0.717, 1.165) is 29.7 Å². The number of amides is 2. The Hall–Kier alpha value is -2.15. The van der Waals surface area contributed by atoms with E-state index in [4.69, 9.17) is 10.3 Å². The van der Waals surface area contributed by atoms with Crippen molar-refractivity contribution in [3.05, 3.63) is 34.0 Å². The molecule has 0 saturated heterocycles. The SMILES string of the molecule is CC1CCc2c(sc(NC(=O)c3ccno3)c2C(N)=O)C1. The summed E-state index contributed by atoms with van der Waals surface area (Å²) in [4.78, 5) is 24.9. The summed E-state index contributed by atoms with van der Waals surface area (Å²) in [6.45, 7) is 2.18. The molecule has 7 heteroatoms. The van der Waals surface area contributed by atoms with Gasteiger partial charge in [-0.15, -0.1) is 11.3 Å². The van der Waals surface area contributed by atoms with E-state index >= 15 is 0 Å². The molecule has 2 aromatic rings. The van der Waals surface area contributed by atoms with Gasteiger partial charge >= 0.3 is 0 Å². The van der Waals surface area contributed by atoms with Crippen LogP contribution >= 0.6 is 11.3 Å². The van der Waals surface area contributed by atoms with Crippen molar-refractivity contribution in [3.8, 4) is 0 Å². The molecule has 1 unspecified atom stereocenters. The zero-order chi connectivity index (χ0) is 15.0. The number of rotatable bonds is 3. The normalized spacial score (nSPS) is 17.3. The fourth-order valence-corrected chi connectivity index (χ4v) is 4.01. The number of carbonyl (C=O) groups is 2. The summed E-state index contributed by atoms with van der Waals surface area (Å²) in [5, 5.41) is 6.71. The van der Waals surface area contributed by atoms with Crippen LogP contribution in [0.1, 0.15) is 44.7 Å². The average molecular weight is 305 g/mol. The van der Waals surface area contributed by atoms with Crippen molar-refractivity contribution in [3.63, 3.8) is 0 Å². The van der Waals surface area contributed by atoms with Gasteiger partial charge in [-0.2, -0.15) is 0 Å². The van der Waals surface area contributed by atoms with Gasteiger partial charge in [-0.05, 0) is 30.7 Å². The summed E-state index contributed by atoms with van der Waals surface area (Å²) in [5.74, 6) is -0.253. The summed E-state index contributed by atoms with van der Waals surface area (Å²) in [6.07, 6.45) is 4.16. The molecule has 0 bridgehead atoms. The van der Waals surface area contributed by atoms with Crippen LogP contribution in [0.15, 0.2) is 16.8 Å². The van der Waals surface area contributed by atoms with Gasteiger partial charge in [0, 0.05) is 10.9 Å². The van der Waals surface area contributed by atoms with Crippen LogP contribution in [-0.2, 0) is 12.8 Å². The number of carbonyl (C=O) groups excluding carboxylic acids is 2. The Morgan fingerprint density at radius 1 is 1.52 bits per heavy atom. The van der Waals surface area contributed by atoms with Crippen molar-refractivity contribution < 1.29 is 14.1 Å². The zero-order valence-electron chi connectivity index (χ0n) is 11.5. The van der Waals surface area contributed by atoms with E-state index < -0.39 is 11.8 Å². The molecule has 21 heavy (non-hydrogen) atoms. The molecular weight excluding hydrogens is 290 g/mol. The maximum Gasteiger partial charge on any atom is 0.294 e. The van der Waals surface area contributed by atoms with Crippen LogP contribution in [0.4, 0.5) is 5.00 Å². The Morgan fingerprint density at radius 3 is 3.00 bits per heavy atom. The number of anilines is 1. The van der Waals surface area contributed by atoms with Gasteiger partial charge in [0.25, 0.3) is 11.8 Å². The third-order valence-corrected chi connectivity index (χ3v) is 4.82. The number of nitrogens with zero attached hydrogens (tertiary/aromatic N) is 1. The Balaban J connectivity index is 1.95. The molecule has 1 atom stereocenters. The van der Waals surface area contributed by atoms with Crippen molar-refractivity contribution in [1.29, 1.82) is 0 Å². The summed E-state index contributed by atoms with van der Waals surface area (Å²) < 4.78 is 4.81. The van der Waals surface area contributed by atoms with E-state index in [1.165, 1.54) is 23.6 Å². The predicted molar refractivity (Wildman–Crippen MR) is 78.5 cm³/mol. The molecule has 2 aromatic heterocycles. The molecule has 3 N–H and O–H groups in total. The van der Waals surface area contributed by atoms with Crippen LogP contribution in [0.25, 0.3) is 0 Å². The van der Waals surface area contributed by atoms with E-state index in [1.807, 2.05) is 0 Å². The Bertz CT molecular complexity index is 691. The van der Waals surface area contributed by atoms with Crippen molar-refractivity contribution in [2.45, 2.75) is 26.2 Å². The van der Waals surface area contributed by atoms with Crippen LogP contribution in [0, 0.1) is 5.92 Å². The lowest BCUT2D eigenvalue weighted by Gasteiger charge is -2.18. The van der Waals surface area contributed by atoms with Crippen molar-refractivity contribution in [2.75, 3.05) is 5.32 Å². The highest BCUT2D eigenvalue weighted by Gasteiger charge is 2.27. The van der Waals surface area contributed by atoms with Gasteiger partial charge in [-0.1, -0.05) is 12.1 Å². The molecule has 0 saturated carbocycles. The van der Waals surface area contributed by atoms with Crippen LogP contribution in [0.2, 0.25) is 0 Å². The van der Waals surface area contributed by atoms with Gasteiger partial charge in [0.15, 0.2) is 0 Å². The summed E-state index contributed by atoms with van der Waals surface area (Å²) in [7, 11) is 0. The second-order valence-electron chi connectivity index (χ2n) is 5.25. The van der Waals surface area contributed by atoms with E-state index in [9.17, 15) is 9.59 Å². The van der Waals surface area contributed by atoms with Crippen LogP contribution < -0.4 is 11.1 Å². The maximum absolute atomic E-state index is 12.0. The highest BCUT2D eigenvalue weighted by Crippen LogP contribution is 2.39. The van der Waals surface area contributed by atoms with E-state index in [1.54, 1.807) is 0 Å². The minimum absolute atomic E-state index is 0.102. The van der Waals surface area contributed by atoms with Crippen LogP contribution in [-0.4, -0.2) is 17.0 Å². The molecule has 0 fully saturated rings. The Morgan fingerprint density at radius 2 is 2.33 bits per heavy atom. The quantitative estimate of drug-likeness (QED) is 0.908. The number of hydrogen-bond acceptors (Lipinski definition) is 5. The van der Waals surface area contributed by atoms with Gasteiger partial charge in [-0.3, -0.25) is 9.59 Å². The molecule has 3 rings (SSSR count). The maximum atomic E-state index is 12.0. The summed E-state index contributed by atoms with van der Waals surface area (Å²) in [5.41, 5.74) is 6.92. The second-order valence-corrected chi connectivity index (χ2v) is 6.36. The van der Waals surface area contributed by atoms with Gasteiger partial charge in [-0.25, -0.2) is 0 Å². The molecule has 0 aliphatic heterocycles. The molecular formula is C14H15N3O3S. The van der Waals surface area contributed by atoms with E-state index in [-0.39, 0.29) is 5.76 Å². The third-order valence-electron chi connectivity index (χ3n) is 3.65. The van der Waals surface area contributed by atoms with Crippen LogP contribution in [0.3, 0.4) is 0 Å². The monoisotopic (exact) mass is 305 g/mol. The van der Waals surface area contributed by atoms with Crippen molar-refractivity contribution >= 4 is 28.2 Å². The predicted octanol–water partition coefficient (Wildman–Crippen LogP) is 2.21. The standard InChI is InChI=1S/C14H15N3O3S/c1-7-2-3-8-10(6-7)21-14(11(8)12(15)18)17-13(19)9-4-5-16-20-9/h4-5,7H,2-3,6H2,1H3,(H2,15,18)(H,17,19). The first-order valence-corrected chi connectivity index (χ1v) is 7.54. The summed E-state index contributed by atoms with van der Waals surface area (Å²) in [6, 6.07) is 1.47. The fraction of sp³-hybridized carbons (Fsp3) is 0.357. The van der Waals surface area contributed by atoms with Gasteiger partial charge in [0.05, 0.1) is 11.8 Å². The van der Waals surface area contributed by atoms with E-state index in [2.05, 4.69) is 17.4 Å². The van der Waals surface area contributed by atoms with Crippen molar-refractivity contribution in [1.82, 2.24) is 5.16 Å². The lowest BCUT2D eigenvalue weighted by Crippen LogP contribution is -2.19. The molecule has 0 aromatic carbocycles. The number of aromatic nitrogens is 1. The largest absolute Gasteiger partial charge is 0.365 e. The van der Waals surface area contributed by atoms with Crippen molar-refractivity contribution in [2.24, 2.45) is 11.7 Å². The highest BCUT2D eigenvalue weighted by molar-refractivity contribution is 7.17. The number of primary amides is 1. The summed E-state index contributed by atoms with van der Waals surface area (Å²) >= 11 is 1.42. The van der Waals surface area contributed by atoms with E-state index in [0.29, 0.717) is 16.5 Å². The lowest BCUT2D eigenvalue weighted by atomic mass is 9.88. The zero-order valence-corrected chi connectivity index (χ0v) is 12.3. The number of hydrogen-bond donors (Lipinski definition) is 2. The molecule has 0 radical (unpaired) electrons. The minimum Gasteiger partial charge on any atom is -0.365 e. The smallest absolute Gasteiger partial charge is 0.294 e. The fourth-order valence-electron chi connectivity index (χ4n) is 2.60. The lowest BCUT2D eigenvalue weighted by molar-refractivity contribution is 0.0988. The Labute approximate surface area is 125 Å². The number of nitrogens with two attached hydrogens (primary N) is 1. The Kier molecular flexibility index (Phi) is 3.50. The molecule has 2 amide bonds. The molecule has 6 nitrogen and oxygen atoms in total. The van der Waals surface area contributed by atoms with Crippen LogP contribution in [0.5, 0.6) is 0 Å². The first-order valence-electron chi connectivity index (χ1n) is 6.72. The highest BCUT2D eigenvalue weighted by atomic mass is 32.1. The molecule has 0 spiro atoms. The topological polar surface area (TPSA) is 98.2 Å². The average Bonchev–Trinajstić information content (AvgIpc) is 3.04. The minimum atomic E-state index is -0.505. The van der Waals surface area contributed by atoms with Gasteiger partial charge < -0.3 is 15.6 Å². The molecule has 110 valence electrons. The number of fused-ring (bicyclic) bond motifs is 1. The molecule has 1 aliphatic carbocycles. The molecule has 2 heterocycles. The first kappa shape index (κ1) is 13.8. The number of nitrogens with one attached hydrogen (secondary N) is 1. The number of thiophene rings is 1. The first-order chi connectivity index (χ1) is 10.1. The van der Waals surface area contributed by atoms with Gasteiger partial charge in [0.2, 0.25) is 5.76 Å². The van der Waals surface area contributed by atoms with Gasteiger partial charge in [0.1, 0.15) is 5.00 Å². The molecule has 1 aliphatic rings.